The van der Waals surface area contributed by atoms with Crippen LogP contribution >= 0.6 is 0 Å². The maximum Gasteiger partial charge on any atom is 0.0638 e. The summed E-state index contributed by atoms with van der Waals surface area (Å²) in [6.45, 7) is 7.98. The van der Waals surface area contributed by atoms with Gasteiger partial charge in [0.25, 0.3) is 0 Å². The van der Waals surface area contributed by atoms with Gasteiger partial charge in [-0.25, -0.2) is 0 Å². The fourth-order valence-electron chi connectivity index (χ4n) is 1.34. The molecule has 3 nitrogen and oxygen atoms in total. The van der Waals surface area contributed by atoms with Gasteiger partial charge >= 0.3 is 0 Å². The van der Waals surface area contributed by atoms with E-state index in [4.69, 9.17) is 6.42 Å². The second-order valence-electron chi connectivity index (χ2n) is 3.99. The highest BCUT2D eigenvalue weighted by Gasteiger charge is 2.04. The second kappa shape index (κ2) is 5.57. The van der Waals surface area contributed by atoms with E-state index in [2.05, 4.69) is 36.4 Å². The Labute approximate surface area is 91.9 Å². The standard InChI is InChI=1S/C12H19N3/c1-5-6-7-15-9-12(11(4)14-15)8-13-10(2)3/h1,9-10,13H,6-8H2,2-4H3. The molecule has 1 rings (SSSR count). The van der Waals surface area contributed by atoms with Gasteiger partial charge in [-0.1, -0.05) is 13.8 Å². The summed E-state index contributed by atoms with van der Waals surface area (Å²) in [5.74, 6) is 2.62. The monoisotopic (exact) mass is 205 g/mol. The van der Waals surface area contributed by atoms with Gasteiger partial charge < -0.3 is 5.32 Å². The molecule has 1 heterocycles. The Morgan fingerprint density at radius 2 is 2.33 bits per heavy atom. The zero-order chi connectivity index (χ0) is 11.3. The van der Waals surface area contributed by atoms with E-state index in [-0.39, 0.29) is 0 Å². The van der Waals surface area contributed by atoms with E-state index in [1.54, 1.807) is 0 Å². The van der Waals surface area contributed by atoms with E-state index < -0.39 is 0 Å². The maximum atomic E-state index is 5.22. The molecule has 0 radical (unpaired) electrons. The molecule has 0 saturated carbocycles. The summed E-state index contributed by atoms with van der Waals surface area (Å²) in [6.07, 6.45) is 8.02. The van der Waals surface area contributed by atoms with Crippen molar-refractivity contribution in [2.45, 2.75) is 46.3 Å². The van der Waals surface area contributed by atoms with E-state index in [1.807, 2.05) is 11.6 Å². The van der Waals surface area contributed by atoms with Gasteiger partial charge in [-0.2, -0.15) is 5.10 Å². The number of hydrogen-bond donors (Lipinski definition) is 1. The van der Waals surface area contributed by atoms with Crippen molar-refractivity contribution < 1.29 is 0 Å². The lowest BCUT2D eigenvalue weighted by Crippen LogP contribution is -2.21. The van der Waals surface area contributed by atoms with Crippen LogP contribution in [0.3, 0.4) is 0 Å². The highest BCUT2D eigenvalue weighted by molar-refractivity contribution is 5.15. The quantitative estimate of drug-likeness (QED) is 0.742. The molecule has 82 valence electrons. The lowest BCUT2D eigenvalue weighted by Gasteiger charge is -2.06. The molecule has 0 amide bonds. The van der Waals surface area contributed by atoms with Crippen LogP contribution in [0.25, 0.3) is 0 Å². The topological polar surface area (TPSA) is 29.9 Å². The van der Waals surface area contributed by atoms with Crippen LogP contribution in [0.1, 0.15) is 31.5 Å². The van der Waals surface area contributed by atoms with Gasteiger partial charge in [-0.15, -0.1) is 12.3 Å². The van der Waals surface area contributed by atoms with Gasteiger partial charge in [0.05, 0.1) is 12.2 Å². The first-order valence-electron chi connectivity index (χ1n) is 5.33. The number of rotatable bonds is 5. The minimum atomic E-state index is 0.499. The van der Waals surface area contributed by atoms with Crippen molar-refractivity contribution in [3.63, 3.8) is 0 Å². The molecule has 1 N–H and O–H groups in total. The fraction of sp³-hybridized carbons (Fsp3) is 0.583. The third-order valence-corrected chi connectivity index (χ3v) is 2.23. The third kappa shape index (κ3) is 3.77. The van der Waals surface area contributed by atoms with Crippen molar-refractivity contribution in [2.24, 2.45) is 0 Å². The molecule has 15 heavy (non-hydrogen) atoms. The van der Waals surface area contributed by atoms with Crippen molar-refractivity contribution in [1.82, 2.24) is 15.1 Å². The number of nitrogens with one attached hydrogen (secondary N) is 1. The predicted octanol–water partition coefficient (Wildman–Crippen LogP) is 1.71. The minimum absolute atomic E-state index is 0.499. The molecular weight excluding hydrogens is 186 g/mol. The number of aromatic nitrogens is 2. The lowest BCUT2D eigenvalue weighted by molar-refractivity contribution is 0.586. The summed E-state index contributed by atoms with van der Waals surface area (Å²) in [4.78, 5) is 0. The predicted molar refractivity (Wildman–Crippen MR) is 62.4 cm³/mol. The summed E-state index contributed by atoms with van der Waals surface area (Å²) >= 11 is 0. The van der Waals surface area contributed by atoms with Crippen molar-refractivity contribution in [1.29, 1.82) is 0 Å². The van der Waals surface area contributed by atoms with Crippen LogP contribution in [0, 0.1) is 19.3 Å². The summed E-state index contributed by atoms with van der Waals surface area (Å²) in [6, 6.07) is 0.499. The third-order valence-electron chi connectivity index (χ3n) is 2.23. The second-order valence-corrected chi connectivity index (χ2v) is 3.99. The Morgan fingerprint density at radius 1 is 1.60 bits per heavy atom. The number of aryl methyl sites for hydroxylation is 2. The van der Waals surface area contributed by atoms with Gasteiger partial charge in [0, 0.05) is 30.8 Å². The molecule has 0 aromatic carbocycles. The Morgan fingerprint density at radius 3 is 2.93 bits per heavy atom. The van der Waals surface area contributed by atoms with Crippen LogP contribution < -0.4 is 5.32 Å². The van der Waals surface area contributed by atoms with Crippen LogP contribution in [-0.2, 0) is 13.1 Å². The minimum Gasteiger partial charge on any atom is -0.310 e. The summed E-state index contributed by atoms with van der Waals surface area (Å²) in [5, 5.41) is 7.79. The normalized spacial score (nSPS) is 10.6. The molecule has 0 saturated heterocycles. The Kier molecular flexibility index (Phi) is 4.38. The summed E-state index contributed by atoms with van der Waals surface area (Å²) in [5.41, 5.74) is 2.33. The van der Waals surface area contributed by atoms with E-state index in [0.717, 1.165) is 25.2 Å². The van der Waals surface area contributed by atoms with Crippen molar-refractivity contribution in [3.05, 3.63) is 17.5 Å². The molecule has 0 bridgehead atoms. The first kappa shape index (κ1) is 11.8. The molecule has 1 aromatic heterocycles. The molecule has 0 atom stereocenters. The van der Waals surface area contributed by atoms with Crippen molar-refractivity contribution >= 4 is 0 Å². The molecule has 0 spiro atoms. The molecule has 0 aliphatic heterocycles. The zero-order valence-electron chi connectivity index (χ0n) is 9.75. The number of hydrogen-bond acceptors (Lipinski definition) is 2. The van der Waals surface area contributed by atoms with Crippen LogP contribution in [0.4, 0.5) is 0 Å². The number of nitrogens with zero attached hydrogens (tertiary/aromatic N) is 2. The van der Waals surface area contributed by atoms with E-state index >= 15 is 0 Å². The molecule has 0 aliphatic carbocycles. The summed E-state index contributed by atoms with van der Waals surface area (Å²) in [7, 11) is 0. The van der Waals surface area contributed by atoms with Crippen molar-refractivity contribution in [2.75, 3.05) is 0 Å². The molecule has 0 fully saturated rings. The average molecular weight is 205 g/mol. The smallest absolute Gasteiger partial charge is 0.0638 e. The van der Waals surface area contributed by atoms with E-state index in [0.29, 0.717) is 6.04 Å². The maximum absolute atomic E-state index is 5.22. The Hall–Kier alpha value is -1.27. The molecule has 0 unspecified atom stereocenters. The zero-order valence-corrected chi connectivity index (χ0v) is 9.75. The molecule has 1 aromatic rings. The Balaban J connectivity index is 2.57. The highest BCUT2D eigenvalue weighted by Crippen LogP contribution is 2.06. The summed E-state index contributed by atoms with van der Waals surface area (Å²) < 4.78 is 1.92. The van der Waals surface area contributed by atoms with Crippen LogP contribution in [0.5, 0.6) is 0 Å². The highest BCUT2D eigenvalue weighted by atomic mass is 15.3. The van der Waals surface area contributed by atoms with Gasteiger partial charge in [-0.05, 0) is 6.92 Å². The van der Waals surface area contributed by atoms with Crippen molar-refractivity contribution in [3.8, 4) is 12.3 Å². The van der Waals surface area contributed by atoms with Gasteiger partial charge in [0.2, 0.25) is 0 Å². The van der Waals surface area contributed by atoms with Crippen LogP contribution in [0.2, 0.25) is 0 Å². The van der Waals surface area contributed by atoms with Gasteiger partial charge in [0.1, 0.15) is 0 Å². The fourth-order valence-corrected chi connectivity index (χ4v) is 1.34. The van der Waals surface area contributed by atoms with E-state index in [1.165, 1.54) is 5.56 Å². The van der Waals surface area contributed by atoms with Crippen LogP contribution in [0.15, 0.2) is 6.20 Å². The SMILES string of the molecule is C#CCCn1cc(CNC(C)C)c(C)n1. The molecule has 0 aliphatic rings. The Bertz CT molecular complexity index is 344. The first-order valence-corrected chi connectivity index (χ1v) is 5.33. The van der Waals surface area contributed by atoms with Gasteiger partial charge in [-0.3, -0.25) is 4.68 Å². The van der Waals surface area contributed by atoms with E-state index in [9.17, 15) is 0 Å². The molecular formula is C12H19N3. The van der Waals surface area contributed by atoms with Gasteiger partial charge in [0.15, 0.2) is 0 Å². The molecule has 3 heteroatoms. The number of terminal acetylenes is 1. The first-order chi connectivity index (χ1) is 7.13. The lowest BCUT2D eigenvalue weighted by atomic mass is 10.2. The van der Waals surface area contributed by atoms with Crippen LogP contribution in [-0.4, -0.2) is 15.8 Å². The average Bonchev–Trinajstić information content (AvgIpc) is 2.53. The largest absolute Gasteiger partial charge is 0.310 e.